The molecule has 0 N–H and O–H groups in total. The van der Waals surface area contributed by atoms with Gasteiger partial charge in [-0.1, -0.05) is 45.0 Å². The first-order chi connectivity index (χ1) is 11.0. The Bertz CT molecular complexity index is 657. The third-order valence-electron chi connectivity index (χ3n) is 7.44. The molecule has 2 heterocycles. The van der Waals surface area contributed by atoms with Gasteiger partial charge in [0, 0.05) is 17.5 Å². The van der Waals surface area contributed by atoms with Crippen LogP contribution in [0.2, 0.25) is 0 Å². The molecule has 1 saturated carbocycles. The fourth-order valence-corrected chi connectivity index (χ4v) is 6.11. The average molecular weight is 313 g/mol. The highest BCUT2D eigenvalue weighted by atomic mass is 16.5. The quantitative estimate of drug-likeness (QED) is 0.786. The first-order valence-corrected chi connectivity index (χ1v) is 8.88. The molecule has 0 amide bonds. The lowest BCUT2D eigenvalue weighted by Gasteiger charge is -2.70. The molecule has 0 radical (unpaired) electrons. The van der Waals surface area contributed by atoms with Crippen molar-refractivity contribution in [3.8, 4) is 0 Å². The monoisotopic (exact) mass is 313 g/mol. The van der Waals surface area contributed by atoms with E-state index in [9.17, 15) is 4.79 Å². The smallest absolute Gasteiger partial charge is 0.310 e. The van der Waals surface area contributed by atoms with Crippen LogP contribution in [-0.4, -0.2) is 36.6 Å². The summed E-state index contributed by atoms with van der Waals surface area (Å²) in [5.74, 6) is 0.00794. The third-order valence-corrected chi connectivity index (χ3v) is 7.44. The van der Waals surface area contributed by atoms with E-state index in [1.807, 2.05) is 0 Å². The summed E-state index contributed by atoms with van der Waals surface area (Å²) >= 11 is 0. The van der Waals surface area contributed by atoms with Gasteiger partial charge in [-0.15, -0.1) is 0 Å². The normalized spacial score (nSPS) is 41.5. The molecular weight excluding hydrogens is 286 g/mol. The van der Waals surface area contributed by atoms with Crippen LogP contribution in [0.1, 0.15) is 44.7 Å². The molecule has 0 spiro atoms. The highest BCUT2D eigenvalue weighted by Gasteiger charge is 2.66. The van der Waals surface area contributed by atoms with Gasteiger partial charge in [-0.2, -0.15) is 0 Å². The Labute approximate surface area is 139 Å². The Morgan fingerprint density at radius 3 is 2.74 bits per heavy atom. The minimum absolute atomic E-state index is 0.0194. The van der Waals surface area contributed by atoms with Crippen molar-refractivity contribution in [3.05, 3.63) is 35.4 Å². The van der Waals surface area contributed by atoms with Gasteiger partial charge < -0.3 is 4.74 Å². The summed E-state index contributed by atoms with van der Waals surface area (Å²) in [6.45, 7) is 8.10. The third kappa shape index (κ3) is 1.72. The SMILES string of the molecule is CCN1C2C[C@]3(C)c4ccccc4CC1[C@]3(C)CC2C(=O)OC. The summed E-state index contributed by atoms with van der Waals surface area (Å²) < 4.78 is 5.14. The van der Waals surface area contributed by atoms with E-state index in [1.165, 1.54) is 18.2 Å². The molecular formula is C20H27NO2. The van der Waals surface area contributed by atoms with Crippen LogP contribution in [0.4, 0.5) is 0 Å². The van der Waals surface area contributed by atoms with Crippen LogP contribution in [0.3, 0.4) is 0 Å². The predicted octanol–water partition coefficient (Wildman–Crippen LogP) is 3.16. The maximum atomic E-state index is 12.4. The molecule has 4 bridgehead atoms. The highest BCUT2D eigenvalue weighted by Crippen LogP contribution is 2.64. The largest absolute Gasteiger partial charge is 0.469 e. The molecule has 1 aromatic rings. The summed E-state index contributed by atoms with van der Waals surface area (Å²) in [5.41, 5.74) is 3.31. The molecule has 0 aromatic heterocycles. The van der Waals surface area contributed by atoms with Crippen molar-refractivity contribution in [2.24, 2.45) is 11.3 Å². The van der Waals surface area contributed by atoms with E-state index in [1.54, 1.807) is 0 Å². The van der Waals surface area contributed by atoms with Gasteiger partial charge in [0.1, 0.15) is 0 Å². The van der Waals surface area contributed by atoms with Gasteiger partial charge >= 0.3 is 5.97 Å². The van der Waals surface area contributed by atoms with Crippen molar-refractivity contribution in [1.82, 2.24) is 4.90 Å². The summed E-state index contributed by atoms with van der Waals surface area (Å²) in [5, 5.41) is 0. The van der Waals surface area contributed by atoms with Crippen LogP contribution in [0, 0.1) is 11.3 Å². The van der Waals surface area contributed by atoms with Gasteiger partial charge in [0.15, 0.2) is 0 Å². The van der Waals surface area contributed by atoms with Gasteiger partial charge in [-0.3, -0.25) is 9.69 Å². The van der Waals surface area contributed by atoms with Gasteiger partial charge in [0.25, 0.3) is 0 Å². The first-order valence-electron chi connectivity index (χ1n) is 8.88. The maximum absolute atomic E-state index is 12.4. The molecule has 5 atom stereocenters. The van der Waals surface area contributed by atoms with E-state index < -0.39 is 0 Å². The molecule has 4 aliphatic rings. The van der Waals surface area contributed by atoms with E-state index >= 15 is 0 Å². The summed E-state index contributed by atoms with van der Waals surface area (Å²) in [7, 11) is 1.53. The van der Waals surface area contributed by atoms with Gasteiger partial charge in [0.2, 0.25) is 0 Å². The second-order valence-electron chi connectivity index (χ2n) is 8.06. The van der Waals surface area contributed by atoms with Crippen molar-refractivity contribution in [1.29, 1.82) is 0 Å². The molecule has 5 rings (SSSR count). The number of ether oxygens (including phenoxy) is 1. The average Bonchev–Trinajstić information content (AvgIpc) is 2.55. The number of fused-ring (bicyclic) bond motifs is 2. The number of hydrogen-bond donors (Lipinski definition) is 0. The van der Waals surface area contributed by atoms with Crippen molar-refractivity contribution in [2.75, 3.05) is 13.7 Å². The Morgan fingerprint density at radius 1 is 1.30 bits per heavy atom. The van der Waals surface area contributed by atoms with Crippen LogP contribution in [0.25, 0.3) is 0 Å². The Kier molecular flexibility index (Phi) is 3.19. The van der Waals surface area contributed by atoms with Gasteiger partial charge in [-0.05, 0) is 42.3 Å². The van der Waals surface area contributed by atoms with Crippen LogP contribution >= 0.6 is 0 Å². The molecule has 2 aliphatic carbocycles. The molecule has 3 fully saturated rings. The Morgan fingerprint density at radius 2 is 2.04 bits per heavy atom. The fraction of sp³-hybridized carbons (Fsp3) is 0.650. The van der Waals surface area contributed by atoms with Crippen molar-refractivity contribution >= 4 is 5.97 Å². The Balaban J connectivity index is 1.87. The molecule has 3 nitrogen and oxygen atoms in total. The van der Waals surface area contributed by atoms with E-state index in [-0.39, 0.29) is 22.7 Å². The number of esters is 1. The number of nitrogens with zero attached hydrogens (tertiary/aromatic N) is 1. The fourth-order valence-electron chi connectivity index (χ4n) is 6.11. The predicted molar refractivity (Wildman–Crippen MR) is 90.3 cm³/mol. The molecule has 1 aromatic carbocycles. The zero-order valence-electron chi connectivity index (χ0n) is 14.6. The van der Waals surface area contributed by atoms with Crippen LogP contribution in [0.15, 0.2) is 24.3 Å². The minimum atomic E-state index is -0.0194. The lowest BCUT2D eigenvalue weighted by atomic mass is 9.42. The summed E-state index contributed by atoms with van der Waals surface area (Å²) in [6.07, 6.45) is 3.13. The summed E-state index contributed by atoms with van der Waals surface area (Å²) in [4.78, 5) is 15.0. The second kappa shape index (κ2) is 4.83. The molecule has 3 unspecified atom stereocenters. The number of rotatable bonds is 2. The number of carbonyl (C=O) groups excluding carboxylic acids is 1. The minimum Gasteiger partial charge on any atom is -0.469 e. The molecule has 2 aliphatic heterocycles. The number of likely N-dealkylation sites (N-methyl/N-ethyl adjacent to an activating group) is 1. The van der Waals surface area contributed by atoms with Crippen molar-refractivity contribution in [3.63, 3.8) is 0 Å². The number of benzene rings is 1. The first kappa shape index (κ1) is 15.2. The molecule has 2 saturated heterocycles. The molecule has 124 valence electrons. The van der Waals surface area contributed by atoms with E-state index in [2.05, 4.69) is 49.9 Å². The standard InChI is InChI=1S/C20H27NO2/c1-5-21-16-12-19(2)15-9-7-6-8-13(15)10-17(21)20(19,3)11-14(16)18(22)23-4/h6-9,14,16-17H,5,10-12H2,1-4H3/t14?,16?,17?,19-,20+/m1/s1. The Hall–Kier alpha value is -1.35. The zero-order chi connectivity index (χ0) is 16.4. The van der Waals surface area contributed by atoms with E-state index in [0.29, 0.717) is 12.1 Å². The van der Waals surface area contributed by atoms with Gasteiger partial charge in [0.05, 0.1) is 13.0 Å². The van der Waals surface area contributed by atoms with E-state index in [0.717, 1.165) is 25.8 Å². The van der Waals surface area contributed by atoms with Crippen LogP contribution in [0.5, 0.6) is 0 Å². The number of methoxy groups -OCH3 is 1. The second-order valence-corrected chi connectivity index (χ2v) is 8.06. The van der Waals surface area contributed by atoms with Gasteiger partial charge in [-0.25, -0.2) is 0 Å². The summed E-state index contributed by atoms with van der Waals surface area (Å²) in [6, 6.07) is 9.81. The molecule has 23 heavy (non-hydrogen) atoms. The topological polar surface area (TPSA) is 29.5 Å². The van der Waals surface area contributed by atoms with Crippen molar-refractivity contribution < 1.29 is 9.53 Å². The zero-order valence-corrected chi connectivity index (χ0v) is 14.6. The number of carbonyl (C=O) groups is 1. The maximum Gasteiger partial charge on any atom is 0.310 e. The molecule has 3 heteroatoms. The highest BCUT2D eigenvalue weighted by molar-refractivity contribution is 5.74. The van der Waals surface area contributed by atoms with Crippen molar-refractivity contribution in [2.45, 2.75) is 57.5 Å². The van der Waals surface area contributed by atoms with Crippen LogP contribution in [-0.2, 0) is 21.4 Å². The number of hydrogen-bond acceptors (Lipinski definition) is 3. The lowest BCUT2D eigenvalue weighted by Crippen LogP contribution is -2.74. The van der Waals surface area contributed by atoms with Crippen LogP contribution < -0.4 is 0 Å². The lowest BCUT2D eigenvalue weighted by molar-refractivity contribution is -0.182. The number of piperidine rings is 2. The van der Waals surface area contributed by atoms with E-state index in [4.69, 9.17) is 4.74 Å².